The summed E-state index contributed by atoms with van der Waals surface area (Å²) in [6.07, 6.45) is 8.31. The van der Waals surface area contributed by atoms with Gasteiger partial charge in [-0.15, -0.1) is 0 Å². The van der Waals surface area contributed by atoms with Crippen molar-refractivity contribution in [2.75, 3.05) is 6.61 Å². The smallest absolute Gasteiger partial charge is 0.347 e. The van der Waals surface area contributed by atoms with Gasteiger partial charge in [-0.1, -0.05) is 6.08 Å². The minimum Gasteiger partial charge on any atom is -0.479 e. The maximum absolute atomic E-state index is 11.0. The third-order valence-corrected chi connectivity index (χ3v) is 2.13. The van der Waals surface area contributed by atoms with Crippen molar-refractivity contribution in [2.24, 2.45) is 0 Å². The molecule has 0 N–H and O–H groups in total. The summed E-state index contributed by atoms with van der Waals surface area (Å²) in [4.78, 5) is 11.0. The molecule has 1 aliphatic heterocycles. The molecular formula is C10H12O3. The lowest BCUT2D eigenvalue weighted by Gasteiger charge is -2.12. The van der Waals surface area contributed by atoms with Gasteiger partial charge in [0.2, 0.25) is 0 Å². The Bertz CT molecular complexity index is 265. The van der Waals surface area contributed by atoms with Gasteiger partial charge in [0, 0.05) is 6.42 Å². The summed E-state index contributed by atoms with van der Waals surface area (Å²) in [5.74, 6) is 0.565. The van der Waals surface area contributed by atoms with E-state index >= 15 is 0 Å². The van der Waals surface area contributed by atoms with E-state index in [1.807, 2.05) is 12.2 Å². The molecule has 0 aromatic rings. The molecule has 13 heavy (non-hydrogen) atoms. The Kier molecular flexibility index (Phi) is 2.34. The molecule has 1 heterocycles. The first-order valence-corrected chi connectivity index (χ1v) is 4.56. The zero-order chi connectivity index (χ0) is 9.10. The second kappa shape index (κ2) is 3.64. The van der Waals surface area contributed by atoms with Gasteiger partial charge in [0.05, 0.1) is 6.61 Å². The highest BCUT2D eigenvalue weighted by atomic mass is 16.6. The van der Waals surface area contributed by atoms with Gasteiger partial charge in [0.25, 0.3) is 0 Å². The van der Waals surface area contributed by atoms with E-state index < -0.39 is 0 Å². The van der Waals surface area contributed by atoms with Crippen LogP contribution in [0.5, 0.6) is 0 Å². The van der Waals surface area contributed by atoms with Crippen LogP contribution in [0.4, 0.5) is 0 Å². The summed E-state index contributed by atoms with van der Waals surface area (Å²) < 4.78 is 10.3. The molecule has 1 aliphatic carbocycles. The van der Waals surface area contributed by atoms with Crippen molar-refractivity contribution in [3.05, 3.63) is 24.0 Å². The van der Waals surface area contributed by atoms with E-state index in [4.69, 9.17) is 9.47 Å². The molecule has 0 amide bonds. The highest BCUT2D eigenvalue weighted by Crippen LogP contribution is 2.18. The van der Waals surface area contributed by atoms with E-state index in [0.717, 1.165) is 18.6 Å². The Morgan fingerprint density at radius 2 is 2.38 bits per heavy atom. The van der Waals surface area contributed by atoms with E-state index in [-0.39, 0.29) is 12.1 Å². The van der Waals surface area contributed by atoms with Crippen LogP contribution in [0.2, 0.25) is 0 Å². The van der Waals surface area contributed by atoms with Gasteiger partial charge in [-0.05, 0) is 25.0 Å². The van der Waals surface area contributed by atoms with Crippen LogP contribution in [0.1, 0.15) is 19.3 Å². The van der Waals surface area contributed by atoms with E-state index in [9.17, 15) is 4.79 Å². The number of cyclic esters (lactones) is 1. The molecule has 2 rings (SSSR count). The first-order valence-electron chi connectivity index (χ1n) is 4.56. The lowest BCUT2D eigenvalue weighted by atomic mass is 10.2. The second-order valence-electron chi connectivity index (χ2n) is 3.15. The SMILES string of the molecule is O=C1OCCC1OC1=CCCC=C1. The largest absolute Gasteiger partial charge is 0.479 e. The Morgan fingerprint density at radius 3 is 3.00 bits per heavy atom. The van der Waals surface area contributed by atoms with E-state index in [0.29, 0.717) is 13.0 Å². The van der Waals surface area contributed by atoms with Gasteiger partial charge >= 0.3 is 5.97 Å². The van der Waals surface area contributed by atoms with Gasteiger partial charge in [-0.25, -0.2) is 4.79 Å². The fraction of sp³-hybridized carbons (Fsp3) is 0.500. The zero-order valence-electron chi connectivity index (χ0n) is 7.36. The monoisotopic (exact) mass is 180 g/mol. The molecule has 1 atom stereocenters. The van der Waals surface area contributed by atoms with Crippen molar-refractivity contribution in [1.82, 2.24) is 0 Å². The van der Waals surface area contributed by atoms with Crippen LogP contribution >= 0.6 is 0 Å². The predicted octanol–water partition coefficient (Wildman–Crippen LogP) is 1.55. The normalized spacial score (nSPS) is 26.9. The van der Waals surface area contributed by atoms with E-state index in [1.165, 1.54) is 0 Å². The average Bonchev–Trinajstić information content (AvgIpc) is 2.54. The molecule has 70 valence electrons. The minimum absolute atomic E-state index is 0.236. The highest BCUT2D eigenvalue weighted by Gasteiger charge is 2.28. The third kappa shape index (κ3) is 1.91. The van der Waals surface area contributed by atoms with Gasteiger partial charge in [-0.3, -0.25) is 0 Å². The van der Waals surface area contributed by atoms with Gasteiger partial charge < -0.3 is 9.47 Å². The van der Waals surface area contributed by atoms with Crippen molar-refractivity contribution in [3.8, 4) is 0 Å². The van der Waals surface area contributed by atoms with Gasteiger partial charge in [0.15, 0.2) is 6.10 Å². The molecule has 1 saturated heterocycles. The molecule has 1 unspecified atom stereocenters. The van der Waals surface area contributed by atoms with E-state index in [1.54, 1.807) is 0 Å². The molecule has 0 aromatic carbocycles. The van der Waals surface area contributed by atoms with Gasteiger partial charge in [0.1, 0.15) is 5.76 Å². The van der Waals surface area contributed by atoms with Crippen molar-refractivity contribution >= 4 is 5.97 Å². The summed E-state index contributed by atoms with van der Waals surface area (Å²) in [5.41, 5.74) is 0. The van der Waals surface area contributed by atoms with Crippen molar-refractivity contribution < 1.29 is 14.3 Å². The summed E-state index contributed by atoms with van der Waals surface area (Å²) >= 11 is 0. The molecule has 0 radical (unpaired) electrons. The minimum atomic E-state index is -0.381. The molecule has 2 aliphatic rings. The molecule has 3 heteroatoms. The number of carbonyl (C=O) groups excluding carboxylic acids is 1. The summed E-state index contributed by atoms with van der Waals surface area (Å²) in [6, 6.07) is 0. The lowest BCUT2D eigenvalue weighted by Crippen LogP contribution is -2.17. The summed E-state index contributed by atoms with van der Waals surface area (Å²) in [5, 5.41) is 0. The molecule has 1 fully saturated rings. The molecular weight excluding hydrogens is 168 g/mol. The first-order chi connectivity index (χ1) is 6.36. The lowest BCUT2D eigenvalue weighted by molar-refractivity contribution is -0.145. The molecule has 0 spiro atoms. The highest BCUT2D eigenvalue weighted by molar-refractivity contribution is 5.76. The van der Waals surface area contributed by atoms with Crippen LogP contribution < -0.4 is 0 Å². The number of ether oxygens (including phenoxy) is 2. The van der Waals surface area contributed by atoms with E-state index in [2.05, 4.69) is 6.08 Å². The fourth-order valence-corrected chi connectivity index (χ4v) is 1.43. The number of allylic oxidation sites excluding steroid dienone is 3. The standard InChI is InChI=1S/C10H12O3/c11-10-9(6-7-12-10)13-8-4-2-1-3-5-8/h2,4-5,9H,1,3,6-7H2. The number of hydrogen-bond acceptors (Lipinski definition) is 3. The predicted molar refractivity (Wildman–Crippen MR) is 46.9 cm³/mol. The van der Waals surface area contributed by atoms with Crippen LogP contribution in [0.25, 0.3) is 0 Å². The topological polar surface area (TPSA) is 35.5 Å². The van der Waals surface area contributed by atoms with Crippen LogP contribution in [-0.4, -0.2) is 18.7 Å². The quantitative estimate of drug-likeness (QED) is 0.605. The molecule has 3 nitrogen and oxygen atoms in total. The maximum atomic E-state index is 11.0. The Morgan fingerprint density at radius 1 is 1.46 bits per heavy atom. The fourth-order valence-electron chi connectivity index (χ4n) is 1.43. The number of rotatable bonds is 2. The Hall–Kier alpha value is -1.25. The van der Waals surface area contributed by atoms with Crippen LogP contribution in [-0.2, 0) is 14.3 Å². The number of esters is 1. The second-order valence-corrected chi connectivity index (χ2v) is 3.15. The maximum Gasteiger partial charge on any atom is 0.347 e. The molecule has 0 aromatic heterocycles. The third-order valence-electron chi connectivity index (χ3n) is 2.13. The Labute approximate surface area is 77.0 Å². The number of carbonyl (C=O) groups is 1. The zero-order valence-corrected chi connectivity index (χ0v) is 7.36. The van der Waals surface area contributed by atoms with Crippen LogP contribution in [0, 0.1) is 0 Å². The molecule has 0 bridgehead atoms. The summed E-state index contributed by atoms with van der Waals surface area (Å²) in [6.45, 7) is 0.487. The average molecular weight is 180 g/mol. The molecule has 0 saturated carbocycles. The van der Waals surface area contributed by atoms with Gasteiger partial charge in [-0.2, -0.15) is 0 Å². The Balaban J connectivity index is 1.93. The van der Waals surface area contributed by atoms with Crippen molar-refractivity contribution in [1.29, 1.82) is 0 Å². The van der Waals surface area contributed by atoms with Crippen molar-refractivity contribution in [2.45, 2.75) is 25.4 Å². The first kappa shape index (κ1) is 8.35. The van der Waals surface area contributed by atoms with Crippen molar-refractivity contribution in [3.63, 3.8) is 0 Å². The summed E-state index contributed by atoms with van der Waals surface area (Å²) in [7, 11) is 0. The van der Waals surface area contributed by atoms with Crippen LogP contribution in [0.3, 0.4) is 0 Å². The number of hydrogen-bond donors (Lipinski definition) is 0. The van der Waals surface area contributed by atoms with Crippen LogP contribution in [0.15, 0.2) is 24.0 Å².